The molecule has 0 bridgehead atoms. The van der Waals surface area contributed by atoms with Gasteiger partial charge in [-0.3, -0.25) is 4.98 Å². The molecule has 3 aromatic rings. The molecule has 0 aliphatic carbocycles. The summed E-state index contributed by atoms with van der Waals surface area (Å²) in [6, 6.07) is 19.6. The Hall–Kier alpha value is -2.81. The number of pyridine rings is 1. The van der Waals surface area contributed by atoms with E-state index in [4.69, 9.17) is 4.74 Å². The van der Waals surface area contributed by atoms with Crippen LogP contribution in [0.25, 0.3) is 11.1 Å². The van der Waals surface area contributed by atoms with Crippen LogP contribution in [-0.2, 0) is 5.41 Å². The van der Waals surface area contributed by atoms with Gasteiger partial charge in [0.25, 0.3) is 0 Å². The smallest absolute Gasteiger partial charge is 0.123 e. The van der Waals surface area contributed by atoms with E-state index in [0.29, 0.717) is 0 Å². The lowest BCUT2D eigenvalue weighted by Crippen LogP contribution is -2.36. The summed E-state index contributed by atoms with van der Waals surface area (Å²) in [5.41, 5.74) is 6.39. The summed E-state index contributed by atoms with van der Waals surface area (Å²) in [6.07, 6.45) is 7.53. The molecule has 0 radical (unpaired) electrons. The average Bonchev–Trinajstić information content (AvgIpc) is 3.28. The molecule has 3 heteroatoms. The van der Waals surface area contributed by atoms with Gasteiger partial charge in [-0.15, -0.1) is 0 Å². The Bertz CT molecular complexity index is 985. The lowest BCUT2D eigenvalue weighted by atomic mass is 9.77. The molecule has 3 nitrogen and oxygen atoms in total. The predicted molar refractivity (Wildman–Crippen MR) is 114 cm³/mol. The fourth-order valence-electron chi connectivity index (χ4n) is 4.78. The van der Waals surface area contributed by atoms with Crippen LogP contribution >= 0.6 is 0 Å². The van der Waals surface area contributed by atoms with Crippen molar-refractivity contribution in [3.05, 3.63) is 78.1 Å². The third-order valence-corrected chi connectivity index (χ3v) is 6.22. The third-order valence-electron chi connectivity index (χ3n) is 6.22. The first kappa shape index (κ1) is 17.3. The normalized spacial score (nSPS) is 19.5. The minimum Gasteiger partial charge on any atom is -0.492 e. The zero-order valence-corrected chi connectivity index (χ0v) is 16.4. The summed E-state index contributed by atoms with van der Waals surface area (Å²) in [7, 11) is 0. The highest BCUT2D eigenvalue weighted by atomic mass is 16.5. The SMILES string of the molecule is CCCCCN1CC2(COc3ccc(-c4cccnc4)cc32)c2ccccc21. The molecule has 0 amide bonds. The molecule has 0 saturated heterocycles. The number of unbranched alkanes of at least 4 members (excludes halogenated alkanes) is 2. The van der Waals surface area contributed by atoms with E-state index in [2.05, 4.69) is 65.3 Å². The Labute approximate surface area is 167 Å². The Morgan fingerprint density at radius 2 is 1.93 bits per heavy atom. The van der Waals surface area contributed by atoms with Crippen molar-refractivity contribution in [1.29, 1.82) is 0 Å². The van der Waals surface area contributed by atoms with Crippen LogP contribution < -0.4 is 9.64 Å². The minimum atomic E-state index is -0.0731. The summed E-state index contributed by atoms with van der Waals surface area (Å²) in [6.45, 7) is 5.10. The molecule has 2 aliphatic heterocycles. The van der Waals surface area contributed by atoms with Gasteiger partial charge < -0.3 is 9.64 Å². The molecule has 1 spiro atoms. The average molecular weight is 370 g/mol. The first-order valence-corrected chi connectivity index (χ1v) is 10.3. The zero-order chi connectivity index (χ0) is 19.0. The van der Waals surface area contributed by atoms with Crippen molar-refractivity contribution in [1.82, 2.24) is 4.98 Å². The number of benzene rings is 2. The molecule has 1 aromatic heterocycles. The van der Waals surface area contributed by atoms with Crippen LogP contribution in [0.1, 0.15) is 37.3 Å². The van der Waals surface area contributed by atoms with E-state index in [1.807, 2.05) is 18.5 Å². The van der Waals surface area contributed by atoms with Crippen molar-refractivity contribution in [3.63, 3.8) is 0 Å². The van der Waals surface area contributed by atoms with Gasteiger partial charge in [0.05, 0.1) is 5.41 Å². The first-order valence-electron chi connectivity index (χ1n) is 10.3. The lowest BCUT2D eigenvalue weighted by molar-refractivity contribution is 0.299. The van der Waals surface area contributed by atoms with Crippen LogP contribution in [0.2, 0.25) is 0 Å². The van der Waals surface area contributed by atoms with Gasteiger partial charge in [-0.05, 0) is 41.8 Å². The second kappa shape index (κ2) is 6.97. The molecule has 3 heterocycles. The Morgan fingerprint density at radius 1 is 1.00 bits per heavy atom. The molecule has 1 atom stereocenters. The van der Waals surface area contributed by atoms with Crippen molar-refractivity contribution >= 4 is 5.69 Å². The van der Waals surface area contributed by atoms with Crippen LogP contribution in [0.4, 0.5) is 5.69 Å². The fourth-order valence-corrected chi connectivity index (χ4v) is 4.78. The maximum atomic E-state index is 6.22. The van der Waals surface area contributed by atoms with Gasteiger partial charge in [-0.25, -0.2) is 0 Å². The zero-order valence-electron chi connectivity index (χ0n) is 16.4. The van der Waals surface area contributed by atoms with E-state index in [9.17, 15) is 0 Å². The summed E-state index contributed by atoms with van der Waals surface area (Å²) in [5.74, 6) is 1.03. The topological polar surface area (TPSA) is 25.4 Å². The Morgan fingerprint density at radius 3 is 2.79 bits per heavy atom. The van der Waals surface area contributed by atoms with E-state index in [0.717, 1.165) is 31.0 Å². The molecule has 0 N–H and O–H groups in total. The number of anilines is 1. The van der Waals surface area contributed by atoms with Crippen molar-refractivity contribution in [2.24, 2.45) is 0 Å². The van der Waals surface area contributed by atoms with E-state index in [1.54, 1.807) is 0 Å². The predicted octanol–water partition coefficient (Wildman–Crippen LogP) is 5.44. The molecule has 5 rings (SSSR count). The summed E-state index contributed by atoms with van der Waals surface area (Å²) >= 11 is 0. The minimum absolute atomic E-state index is 0.0731. The molecule has 2 aliphatic rings. The monoisotopic (exact) mass is 370 g/mol. The van der Waals surface area contributed by atoms with Gasteiger partial charge in [-0.1, -0.05) is 50.1 Å². The number of rotatable bonds is 5. The molecule has 142 valence electrons. The van der Waals surface area contributed by atoms with Crippen LogP contribution in [0.15, 0.2) is 67.0 Å². The largest absolute Gasteiger partial charge is 0.492 e. The first-order chi connectivity index (χ1) is 13.8. The fraction of sp³-hybridized carbons (Fsp3) is 0.320. The van der Waals surface area contributed by atoms with Crippen LogP contribution in [0, 0.1) is 0 Å². The Kier molecular flexibility index (Phi) is 4.31. The highest BCUT2D eigenvalue weighted by Crippen LogP contribution is 2.52. The van der Waals surface area contributed by atoms with Crippen molar-refractivity contribution < 1.29 is 4.74 Å². The molecular formula is C25H26N2O. The number of nitrogens with zero attached hydrogens (tertiary/aromatic N) is 2. The number of fused-ring (bicyclic) bond motifs is 4. The van der Waals surface area contributed by atoms with Crippen LogP contribution in [0.3, 0.4) is 0 Å². The van der Waals surface area contributed by atoms with Gasteiger partial charge in [-0.2, -0.15) is 0 Å². The highest BCUT2D eigenvalue weighted by Gasteiger charge is 2.49. The molecule has 0 saturated carbocycles. The van der Waals surface area contributed by atoms with Crippen molar-refractivity contribution in [3.8, 4) is 16.9 Å². The number of ether oxygens (including phenoxy) is 1. The molecule has 0 fully saturated rings. The maximum Gasteiger partial charge on any atom is 0.123 e. The van der Waals surface area contributed by atoms with Gasteiger partial charge in [0, 0.05) is 42.3 Å². The maximum absolute atomic E-state index is 6.22. The van der Waals surface area contributed by atoms with Gasteiger partial charge in [0.15, 0.2) is 0 Å². The van der Waals surface area contributed by atoms with Gasteiger partial charge >= 0.3 is 0 Å². The second-order valence-electron chi connectivity index (χ2n) is 7.97. The van der Waals surface area contributed by atoms with E-state index in [1.165, 1.54) is 41.6 Å². The second-order valence-corrected chi connectivity index (χ2v) is 7.97. The van der Waals surface area contributed by atoms with E-state index in [-0.39, 0.29) is 5.41 Å². The number of hydrogen-bond donors (Lipinski definition) is 0. The Balaban J connectivity index is 1.57. The summed E-state index contributed by atoms with van der Waals surface area (Å²) < 4.78 is 6.22. The van der Waals surface area contributed by atoms with E-state index < -0.39 is 0 Å². The van der Waals surface area contributed by atoms with Crippen molar-refractivity contribution in [2.45, 2.75) is 31.6 Å². The molecule has 2 aromatic carbocycles. The molecule has 28 heavy (non-hydrogen) atoms. The van der Waals surface area contributed by atoms with Crippen LogP contribution in [-0.4, -0.2) is 24.7 Å². The molecule has 1 unspecified atom stereocenters. The van der Waals surface area contributed by atoms with Gasteiger partial charge in [0.2, 0.25) is 0 Å². The van der Waals surface area contributed by atoms with E-state index >= 15 is 0 Å². The van der Waals surface area contributed by atoms with Crippen molar-refractivity contribution in [2.75, 3.05) is 24.6 Å². The number of para-hydroxylation sites is 1. The number of aromatic nitrogens is 1. The highest BCUT2D eigenvalue weighted by molar-refractivity contribution is 5.72. The number of hydrogen-bond acceptors (Lipinski definition) is 3. The lowest BCUT2D eigenvalue weighted by Gasteiger charge is -2.25. The van der Waals surface area contributed by atoms with Gasteiger partial charge in [0.1, 0.15) is 12.4 Å². The summed E-state index contributed by atoms with van der Waals surface area (Å²) in [4.78, 5) is 6.86. The quantitative estimate of drug-likeness (QED) is 0.559. The summed E-state index contributed by atoms with van der Waals surface area (Å²) in [5, 5.41) is 0. The third kappa shape index (κ3) is 2.69. The molecular weight excluding hydrogens is 344 g/mol. The standard InChI is InChI=1S/C25H26N2O/c1-2-3-6-14-27-17-25(21-9-4-5-10-23(21)27)18-28-24-12-11-19(15-22(24)25)20-8-7-13-26-16-20/h4-5,7-13,15-16H,2-3,6,14,17-18H2,1H3. The van der Waals surface area contributed by atoms with Crippen LogP contribution in [0.5, 0.6) is 5.75 Å².